The molecule has 0 aliphatic heterocycles. The van der Waals surface area contributed by atoms with Gasteiger partial charge in [0.1, 0.15) is 6.61 Å². The van der Waals surface area contributed by atoms with Gasteiger partial charge in [0.15, 0.2) is 0 Å². The van der Waals surface area contributed by atoms with E-state index in [1.165, 1.54) is 23.7 Å². The van der Waals surface area contributed by atoms with E-state index in [-0.39, 0.29) is 6.61 Å². The number of amides is 1. The molecule has 1 amide bonds. The lowest BCUT2D eigenvalue weighted by Gasteiger charge is -2.08. The number of alkyl halides is 1. The summed E-state index contributed by atoms with van der Waals surface area (Å²) in [5.41, 5.74) is 0.959. The average Bonchev–Trinajstić information content (AvgIpc) is 2.70. The Bertz CT molecular complexity index is 461. The largest absolute Gasteiger partial charge is 0.445 e. The molecule has 154 valence electrons. The summed E-state index contributed by atoms with van der Waals surface area (Å²) in [6.45, 7) is 4.15. The van der Waals surface area contributed by atoms with Gasteiger partial charge in [0.25, 0.3) is 0 Å². The lowest BCUT2D eigenvalue weighted by molar-refractivity contribution is 0.0143. The van der Waals surface area contributed by atoms with Gasteiger partial charge in [0.2, 0.25) is 0 Å². The quantitative estimate of drug-likeness (QED) is 0.202. The highest BCUT2D eigenvalue weighted by Crippen LogP contribution is 2.02. The van der Waals surface area contributed by atoms with Crippen LogP contribution in [0, 0.1) is 0 Å². The molecule has 0 aliphatic carbocycles. The van der Waals surface area contributed by atoms with Gasteiger partial charge in [0, 0.05) is 13.2 Å². The van der Waals surface area contributed by atoms with Gasteiger partial charge >= 0.3 is 6.09 Å². The maximum absolute atomic E-state index is 11.5. The molecule has 1 N–H and O–H groups in total. The molecule has 6 nitrogen and oxygen atoms in total. The maximum Gasteiger partial charge on any atom is 0.407 e. The molecule has 0 spiro atoms. The van der Waals surface area contributed by atoms with Gasteiger partial charge < -0.3 is 24.3 Å². The Balaban J connectivity index is 1.77. The van der Waals surface area contributed by atoms with E-state index in [9.17, 15) is 4.79 Å². The fraction of sp³-hybridized carbons (Fsp3) is 0.650. The Kier molecular flexibility index (Phi) is 16.5. The second-order valence-corrected chi connectivity index (χ2v) is 7.01. The van der Waals surface area contributed by atoms with E-state index < -0.39 is 6.09 Å². The van der Waals surface area contributed by atoms with Crippen molar-refractivity contribution in [2.24, 2.45) is 0 Å². The fourth-order valence-electron chi connectivity index (χ4n) is 2.19. The Hall–Kier alpha value is -0.900. The third kappa shape index (κ3) is 15.8. The van der Waals surface area contributed by atoms with Crippen molar-refractivity contribution in [1.82, 2.24) is 5.32 Å². The van der Waals surface area contributed by atoms with Crippen LogP contribution in [-0.4, -0.2) is 56.7 Å². The molecule has 0 saturated heterocycles. The molecular weight excluding hydrogens is 461 g/mol. The van der Waals surface area contributed by atoms with E-state index in [0.717, 1.165) is 18.6 Å². The highest BCUT2D eigenvalue weighted by Gasteiger charge is 2.01. The third-order valence-electron chi connectivity index (χ3n) is 3.64. The summed E-state index contributed by atoms with van der Waals surface area (Å²) in [5, 5.41) is 2.65. The molecule has 1 aromatic carbocycles. The predicted octanol–water partition coefficient (Wildman–Crippen LogP) is 3.96. The van der Waals surface area contributed by atoms with Gasteiger partial charge in [-0.15, -0.1) is 0 Å². The predicted molar refractivity (Wildman–Crippen MR) is 114 cm³/mol. The SMILES string of the molecule is O=C(NCCOCCOCCOCCCCCCI)OCc1ccccc1. The monoisotopic (exact) mass is 493 g/mol. The molecule has 1 rings (SSSR count). The summed E-state index contributed by atoms with van der Waals surface area (Å²) in [7, 11) is 0. The molecule has 0 unspecified atom stereocenters. The van der Waals surface area contributed by atoms with Crippen LogP contribution in [0.4, 0.5) is 4.79 Å². The van der Waals surface area contributed by atoms with Crippen molar-refractivity contribution < 1.29 is 23.7 Å². The average molecular weight is 493 g/mol. The molecule has 0 aromatic heterocycles. The van der Waals surface area contributed by atoms with Crippen molar-refractivity contribution in [3.63, 3.8) is 0 Å². The highest BCUT2D eigenvalue weighted by atomic mass is 127. The molecule has 0 atom stereocenters. The molecule has 0 heterocycles. The van der Waals surface area contributed by atoms with Crippen LogP contribution in [0.2, 0.25) is 0 Å². The molecule has 0 fully saturated rings. The van der Waals surface area contributed by atoms with Gasteiger partial charge in [0.05, 0.1) is 33.0 Å². The Morgan fingerprint density at radius 1 is 0.815 bits per heavy atom. The van der Waals surface area contributed by atoms with E-state index in [2.05, 4.69) is 27.9 Å². The van der Waals surface area contributed by atoms with E-state index in [1.807, 2.05) is 30.3 Å². The number of hydrogen-bond donors (Lipinski definition) is 1. The Morgan fingerprint density at radius 3 is 2.15 bits per heavy atom. The molecule has 0 radical (unpaired) electrons. The van der Waals surface area contributed by atoms with Crippen molar-refractivity contribution in [2.45, 2.75) is 32.3 Å². The van der Waals surface area contributed by atoms with Crippen molar-refractivity contribution >= 4 is 28.7 Å². The molecule has 1 aromatic rings. The van der Waals surface area contributed by atoms with Crippen LogP contribution in [0.25, 0.3) is 0 Å². The first-order valence-corrected chi connectivity index (χ1v) is 11.1. The second kappa shape index (κ2) is 18.5. The smallest absolute Gasteiger partial charge is 0.407 e. The number of rotatable bonds is 17. The van der Waals surface area contributed by atoms with E-state index in [4.69, 9.17) is 18.9 Å². The lowest BCUT2D eigenvalue weighted by Crippen LogP contribution is -2.28. The van der Waals surface area contributed by atoms with Crippen LogP contribution in [0.5, 0.6) is 0 Å². The van der Waals surface area contributed by atoms with Crippen LogP contribution in [0.1, 0.15) is 31.2 Å². The van der Waals surface area contributed by atoms with E-state index >= 15 is 0 Å². The Morgan fingerprint density at radius 2 is 1.44 bits per heavy atom. The molecule has 27 heavy (non-hydrogen) atoms. The zero-order valence-corrected chi connectivity index (χ0v) is 18.2. The zero-order valence-electron chi connectivity index (χ0n) is 16.0. The minimum Gasteiger partial charge on any atom is -0.445 e. The summed E-state index contributed by atoms with van der Waals surface area (Å²) < 4.78 is 22.7. The maximum atomic E-state index is 11.5. The normalized spacial score (nSPS) is 10.7. The minimum atomic E-state index is -0.440. The van der Waals surface area contributed by atoms with Gasteiger partial charge in [-0.05, 0) is 22.8 Å². The van der Waals surface area contributed by atoms with Crippen molar-refractivity contribution in [2.75, 3.05) is 50.6 Å². The molecular formula is C20H32INO5. The van der Waals surface area contributed by atoms with Crippen LogP contribution in [0.3, 0.4) is 0 Å². The van der Waals surface area contributed by atoms with E-state index in [0.29, 0.717) is 39.6 Å². The number of benzene rings is 1. The number of ether oxygens (including phenoxy) is 4. The first-order valence-electron chi connectivity index (χ1n) is 9.56. The summed E-state index contributed by atoms with van der Waals surface area (Å²) >= 11 is 2.41. The number of carbonyl (C=O) groups is 1. The Labute approximate surface area is 176 Å². The van der Waals surface area contributed by atoms with Crippen molar-refractivity contribution in [3.8, 4) is 0 Å². The summed E-state index contributed by atoms with van der Waals surface area (Å²) in [5.74, 6) is 0. The van der Waals surface area contributed by atoms with E-state index in [1.54, 1.807) is 0 Å². The third-order valence-corrected chi connectivity index (χ3v) is 4.41. The lowest BCUT2D eigenvalue weighted by atomic mass is 10.2. The van der Waals surface area contributed by atoms with Crippen LogP contribution < -0.4 is 5.32 Å². The number of hydrogen-bond acceptors (Lipinski definition) is 5. The molecule has 0 bridgehead atoms. The number of unbranched alkanes of at least 4 members (excludes halogenated alkanes) is 3. The molecule has 7 heteroatoms. The first-order chi connectivity index (χ1) is 13.3. The van der Waals surface area contributed by atoms with Gasteiger partial charge in [-0.25, -0.2) is 4.79 Å². The standard InChI is InChI=1S/C20H32INO5/c21-10-6-1-2-7-12-24-14-16-26-17-15-25-13-11-22-20(23)27-18-19-8-4-3-5-9-19/h3-5,8-9H,1-2,6-7,10-18H2,(H,22,23). The van der Waals surface area contributed by atoms with Crippen molar-refractivity contribution in [3.05, 3.63) is 35.9 Å². The van der Waals surface area contributed by atoms with Crippen LogP contribution in [0.15, 0.2) is 30.3 Å². The molecule has 0 aliphatic rings. The van der Waals surface area contributed by atoms with Crippen LogP contribution >= 0.6 is 22.6 Å². The highest BCUT2D eigenvalue weighted by molar-refractivity contribution is 14.1. The summed E-state index contributed by atoms with van der Waals surface area (Å²) in [4.78, 5) is 11.5. The summed E-state index contributed by atoms with van der Waals surface area (Å²) in [6.07, 6.45) is 4.52. The van der Waals surface area contributed by atoms with Gasteiger partial charge in [-0.2, -0.15) is 0 Å². The number of alkyl carbamates (subject to hydrolysis) is 1. The second-order valence-electron chi connectivity index (χ2n) is 5.93. The van der Waals surface area contributed by atoms with Gasteiger partial charge in [-0.1, -0.05) is 65.8 Å². The fourth-order valence-corrected chi connectivity index (χ4v) is 2.73. The molecule has 0 saturated carbocycles. The summed E-state index contributed by atoms with van der Waals surface area (Å²) in [6, 6.07) is 9.57. The van der Waals surface area contributed by atoms with Crippen molar-refractivity contribution in [1.29, 1.82) is 0 Å². The first kappa shape index (κ1) is 24.1. The zero-order chi connectivity index (χ0) is 19.4. The number of halogens is 1. The topological polar surface area (TPSA) is 66.0 Å². The number of nitrogens with one attached hydrogen (secondary N) is 1. The van der Waals surface area contributed by atoms with Gasteiger partial charge in [-0.3, -0.25) is 0 Å². The number of carbonyl (C=O) groups excluding carboxylic acids is 1. The minimum absolute atomic E-state index is 0.266. The van der Waals surface area contributed by atoms with Crippen LogP contribution in [-0.2, 0) is 25.6 Å².